The Balaban J connectivity index is 3.33. The topological polar surface area (TPSA) is 139 Å². The van der Waals surface area contributed by atoms with Crippen LogP contribution in [-0.2, 0) is 0 Å². The molecule has 0 bridgehead atoms. The molecule has 10 N–H and O–H groups in total. The molecule has 80 valence electrons. The van der Waals surface area contributed by atoms with Crippen molar-refractivity contribution in [1.82, 2.24) is 0 Å². The SMILES string of the molecule is C#CCOc1c(N)c(N)c(N)c(N)c1N. The summed E-state index contributed by atoms with van der Waals surface area (Å²) in [5.41, 5.74) is 28.8. The van der Waals surface area contributed by atoms with Crippen LogP contribution >= 0.6 is 0 Å². The summed E-state index contributed by atoms with van der Waals surface area (Å²) in [4.78, 5) is 0. The van der Waals surface area contributed by atoms with E-state index >= 15 is 0 Å². The Labute approximate surface area is 87.3 Å². The third kappa shape index (κ3) is 1.62. The quantitative estimate of drug-likeness (QED) is 0.330. The molecule has 0 fully saturated rings. The van der Waals surface area contributed by atoms with Crippen LogP contribution in [-0.4, -0.2) is 6.61 Å². The predicted molar refractivity (Wildman–Crippen MR) is 62.8 cm³/mol. The first-order chi connectivity index (χ1) is 7.00. The van der Waals surface area contributed by atoms with Crippen molar-refractivity contribution in [2.75, 3.05) is 35.3 Å². The second kappa shape index (κ2) is 3.75. The summed E-state index contributed by atoms with van der Waals surface area (Å²) in [6.45, 7) is 0.0250. The van der Waals surface area contributed by atoms with E-state index in [1.165, 1.54) is 0 Å². The molecule has 0 aliphatic rings. The molecule has 0 aliphatic heterocycles. The molecule has 0 aromatic heterocycles. The molecular formula is C9H13N5O. The van der Waals surface area contributed by atoms with Gasteiger partial charge in [0.15, 0.2) is 5.75 Å². The maximum absolute atomic E-state index is 5.66. The van der Waals surface area contributed by atoms with Crippen LogP contribution in [0.5, 0.6) is 5.75 Å². The summed E-state index contributed by atoms with van der Waals surface area (Å²) in [5, 5.41) is 0. The number of anilines is 5. The molecule has 0 saturated carbocycles. The maximum atomic E-state index is 5.66. The number of benzene rings is 1. The molecule has 15 heavy (non-hydrogen) atoms. The molecule has 6 heteroatoms. The Bertz CT molecular complexity index is 406. The molecule has 1 aromatic rings. The first-order valence-electron chi connectivity index (χ1n) is 4.08. The van der Waals surface area contributed by atoms with Crippen molar-refractivity contribution in [3.8, 4) is 18.1 Å². The van der Waals surface area contributed by atoms with E-state index < -0.39 is 0 Å². The van der Waals surface area contributed by atoms with E-state index in [0.717, 1.165) is 0 Å². The molecule has 1 rings (SSSR count). The Hall–Kier alpha value is -2.42. The highest BCUT2D eigenvalue weighted by atomic mass is 16.5. The largest absolute Gasteiger partial charge is 0.476 e. The summed E-state index contributed by atoms with van der Waals surface area (Å²) < 4.78 is 5.13. The van der Waals surface area contributed by atoms with E-state index in [4.69, 9.17) is 39.8 Å². The van der Waals surface area contributed by atoms with Gasteiger partial charge in [-0.2, -0.15) is 0 Å². The predicted octanol–water partition coefficient (Wildman–Crippen LogP) is -0.390. The number of terminal acetylenes is 1. The van der Waals surface area contributed by atoms with Gasteiger partial charge in [-0.3, -0.25) is 0 Å². The van der Waals surface area contributed by atoms with Gasteiger partial charge >= 0.3 is 0 Å². The van der Waals surface area contributed by atoms with Gasteiger partial charge in [0.05, 0.1) is 17.1 Å². The molecule has 0 spiro atoms. The highest BCUT2D eigenvalue weighted by molar-refractivity contribution is 5.98. The van der Waals surface area contributed by atoms with Gasteiger partial charge in [0.25, 0.3) is 0 Å². The highest BCUT2D eigenvalue weighted by Crippen LogP contribution is 2.43. The smallest absolute Gasteiger partial charge is 0.170 e. The zero-order valence-electron chi connectivity index (χ0n) is 8.08. The minimum absolute atomic E-state index is 0.0250. The number of nitrogens with two attached hydrogens (primary N) is 5. The minimum Gasteiger partial charge on any atom is -0.476 e. The molecule has 0 atom stereocenters. The van der Waals surface area contributed by atoms with Gasteiger partial charge in [-0.25, -0.2) is 0 Å². The number of ether oxygens (including phenoxy) is 1. The lowest BCUT2D eigenvalue weighted by Gasteiger charge is -2.16. The lowest BCUT2D eigenvalue weighted by atomic mass is 10.1. The average Bonchev–Trinajstić information content (AvgIpc) is 2.24. The van der Waals surface area contributed by atoms with E-state index in [1.54, 1.807) is 0 Å². The van der Waals surface area contributed by atoms with Crippen molar-refractivity contribution in [3.05, 3.63) is 0 Å². The van der Waals surface area contributed by atoms with Gasteiger partial charge in [0.2, 0.25) is 0 Å². The standard InChI is InChI=1S/C9H13N5O/c1-2-3-15-9-7(13)5(11)4(10)6(12)8(9)14/h1H,3,10-14H2. The minimum atomic E-state index is 0.0250. The van der Waals surface area contributed by atoms with Crippen LogP contribution in [0.3, 0.4) is 0 Å². The van der Waals surface area contributed by atoms with E-state index in [1.807, 2.05) is 0 Å². The second-order valence-electron chi connectivity index (χ2n) is 2.89. The van der Waals surface area contributed by atoms with Crippen molar-refractivity contribution >= 4 is 28.4 Å². The van der Waals surface area contributed by atoms with Crippen molar-refractivity contribution in [1.29, 1.82) is 0 Å². The number of hydrogen-bond acceptors (Lipinski definition) is 6. The van der Waals surface area contributed by atoms with Gasteiger partial charge in [0, 0.05) is 0 Å². The summed E-state index contributed by atoms with van der Waals surface area (Å²) in [6.07, 6.45) is 5.04. The summed E-state index contributed by atoms with van der Waals surface area (Å²) >= 11 is 0. The van der Waals surface area contributed by atoms with Crippen molar-refractivity contribution in [3.63, 3.8) is 0 Å². The Morgan fingerprint density at radius 1 is 0.867 bits per heavy atom. The Morgan fingerprint density at radius 3 is 1.67 bits per heavy atom. The van der Waals surface area contributed by atoms with E-state index in [0.29, 0.717) is 0 Å². The lowest BCUT2D eigenvalue weighted by Crippen LogP contribution is -2.10. The van der Waals surface area contributed by atoms with Gasteiger partial charge in [0.1, 0.15) is 18.0 Å². The molecule has 6 nitrogen and oxygen atoms in total. The molecule has 0 unspecified atom stereocenters. The zero-order chi connectivity index (χ0) is 11.6. The monoisotopic (exact) mass is 207 g/mol. The van der Waals surface area contributed by atoms with Crippen LogP contribution in [0.25, 0.3) is 0 Å². The molecule has 0 aliphatic carbocycles. The fourth-order valence-corrected chi connectivity index (χ4v) is 1.09. The zero-order valence-corrected chi connectivity index (χ0v) is 8.08. The van der Waals surface area contributed by atoms with Crippen molar-refractivity contribution in [2.24, 2.45) is 0 Å². The Kier molecular flexibility index (Phi) is 2.67. The summed E-state index contributed by atoms with van der Waals surface area (Å²) in [6, 6.07) is 0. The lowest BCUT2D eigenvalue weighted by molar-refractivity contribution is 0.375. The number of rotatable bonds is 2. The van der Waals surface area contributed by atoms with Gasteiger partial charge in [-0.05, 0) is 0 Å². The Morgan fingerprint density at radius 2 is 1.27 bits per heavy atom. The van der Waals surface area contributed by atoms with Crippen LogP contribution in [0.1, 0.15) is 0 Å². The molecule has 0 radical (unpaired) electrons. The maximum Gasteiger partial charge on any atom is 0.170 e. The molecule has 0 amide bonds. The summed E-state index contributed by atoms with van der Waals surface area (Å²) in [5.74, 6) is 2.46. The fraction of sp³-hybridized carbons (Fsp3) is 0.111. The van der Waals surface area contributed by atoms with Crippen LogP contribution < -0.4 is 33.4 Å². The third-order valence-electron chi connectivity index (χ3n) is 1.95. The molecular weight excluding hydrogens is 194 g/mol. The van der Waals surface area contributed by atoms with Crippen molar-refractivity contribution < 1.29 is 4.74 Å². The van der Waals surface area contributed by atoms with Gasteiger partial charge in [-0.15, -0.1) is 6.42 Å². The molecule has 0 heterocycles. The first-order valence-corrected chi connectivity index (χ1v) is 4.08. The van der Waals surface area contributed by atoms with E-state index in [-0.39, 0.29) is 40.8 Å². The van der Waals surface area contributed by atoms with Crippen LogP contribution in [0.15, 0.2) is 0 Å². The first kappa shape index (κ1) is 10.7. The normalized spacial score (nSPS) is 9.53. The van der Waals surface area contributed by atoms with Crippen LogP contribution in [0.2, 0.25) is 0 Å². The van der Waals surface area contributed by atoms with E-state index in [2.05, 4.69) is 5.92 Å². The number of hydrogen-bond donors (Lipinski definition) is 5. The molecule has 1 aromatic carbocycles. The average molecular weight is 207 g/mol. The van der Waals surface area contributed by atoms with Gasteiger partial charge in [-0.1, -0.05) is 5.92 Å². The molecule has 0 saturated heterocycles. The third-order valence-corrected chi connectivity index (χ3v) is 1.95. The summed E-state index contributed by atoms with van der Waals surface area (Å²) in [7, 11) is 0. The second-order valence-corrected chi connectivity index (χ2v) is 2.89. The van der Waals surface area contributed by atoms with Crippen LogP contribution in [0.4, 0.5) is 28.4 Å². The fourth-order valence-electron chi connectivity index (χ4n) is 1.09. The van der Waals surface area contributed by atoms with Crippen molar-refractivity contribution in [2.45, 2.75) is 0 Å². The highest BCUT2D eigenvalue weighted by Gasteiger charge is 2.16. The number of nitrogen functional groups attached to an aromatic ring is 5. The van der Waals surface area contributed by atoms with Crippen LogP contribution in [0, 0.1) is 12.3 Å². The van der Waals surface area contributed by atoms with E-state index in [9.17, 15) is 0 Å². The van der Waals surface area contributed by atoms with Gasteiger partial charge < -0.3 is 33.4 Å².